The predicted octanol–water partition coefficient (Wildman–Crippen LogP) is 3.74. The van der Waals surface area contributed by atoms with E-state index in [1.54, 1.807) is 25.3 Å². The monoisotopic (exact) mass is 351 g/mol. The number of halogens is 2. The summed E-state index contributed by atoms with van der Waals surface area (Å²) in [6, 6.07) is 10.5. The van der Waals surface area contributed by atoms with Gasteiger partial charge in [0.05, 0.1) is 24.2 Å². The van der Waals surface area contributed by atoms with Gasteiger partial charge in [0.1, 0.15) is 17.6 Å². The SMILES string of the molecule is COc1ccc2c(c1)C[C@@H](CNC(=O)c1ccc(Cl)cc1Cl)O2. The molecule has 1 N–H and O–H groups in total. The summed E-state index contributed by atoms with van der Waals surface area (Å²) in [4.78, 5) is 12.2. The van der Waals surface area contributed by atoms with Crippen molar-refractivity contribution in [1.29, 1.82) is 0 Å². The minimum absolute atomic E-state index is 0.105. The molecule has 0 aromatic heterocycles. The largest absolute Gasteiger partial charge is 0.497 e. The maximum Gasteiger partial charge on any atom is 0.252 e. The van der Waals surface area contributed by atoms with E-state index in [0.717, 1.165) is 23.5 Å². The Hall–Kier alpha value is -1.91. The molecule has 2 aromatic carbocycles. The quantitative estimate of drug-likeness (QED) is 0.912. The van der Waals surface area contributed by atoms with Crippen molar-refractivity contribution in [2.75, 3.05) is 13.7 Å². The average molecular weight is 352 g/mol. The fraction of sp³-hybridized carbons (Fsp3) is 0.235. The number of ether oxygens (including phenoxy) is 2. The molecule has 1 atom stereocenters. The number of nitrogens with one attached hydrogen (secondary N) is 1. The first kappa shape index (κ1) is 16.0. The molecular formula is C17H15Cl2NO3. The molecule has 1 amide bonds. The molecule has 0 saturated heterocycles. The number of methoxy groups -OCH3 is 1. The number of carbonyl (C=O) groups is 1. The van der Waals surface area contributed by atoms with Gasteiger partial charge in [0.25, 0.3) is 5.91 Å². The van der Waals surface area contributed by atoms with Crippen LogP contribution < -0.4 is 14.8 Å². The Morgan fingerprint density at radius 1 is 1.30 bits per heavy atom. The van der Waals surface area contributed by atoms with E-state index in [1.807, 2.05) is 18.2 Å². The van der Waals surface area contributed by atoms with Crippen LogP contribution in [0.2, 0.25) is 10.0 Å². The van der Waals surface area contributed by atoms with Gasteiger partial charge in [-0.15, -0.1) is 0 Å². The minimum Gasteiger partial charge on any atom is -0.497 e. The third-order valence-corrected chi connectivity index (χ3v) is 4.22. The highest BCUT2D eigenvalue weighted by Crippen LogP contribution is 2.31. The summed E-state index contributed by atoms with van der Waals surface area (Å²) in [7, 11) is 1.63. The molecule has 0 fully saturated rings. The lowest BCUT2D eigenvalue weighted by atomic mass is 10.1. The van der Waals surface area contributed by atoms with Gasteiger partial charge in [-0.2, -0.15) is 0 Å². The third-order valence-electron chi connectivity index (χ3n) is 3.67. The number of rotatable bonds is 4. The molecule has 0 saturated carbocycles. The van der Waals surface area contributed by atoms with Crippen LogP contribution in [0.15, 0.2) is 36.4 Å². The van der Waals surface area contributed by atoms with Crippen LogP contribution in [0.25, 0.3) is 0 Å². The van der Waals surface area contributed by atoms with Crippen molar-refractivity contribution < 1.29 is 14.3 Å². The summed E-state index contributed by atoms with van der Waals surface area (Å²) in [5.41, 5.74) is 1.47. The molecular weight excluding hydrogens is 337 g/mol. The van der Waals surface area contributed by atoms with Crippen LogP contribution in [0, 0.1) is 0 Å². The summed E-state index contributed by atoms with van der Waals surface area (Å²) in [5, 5.41) is 3.67. The topological polar surface area (TPSA) is 47.6 Å². The Morgan fingerprint density at radius 3 is 2.87 bits per heavy atom. The Balaban J connectivity index is 1.60. The second-order valence-electron chi connectivity index (χ2n) is 5.25. The van der Waals surface area contributed by atoms with Crippen molar-refractivity contribution in [1.82, 2.24) is 5.32 Å². The Kier molecular flexibility index (Phi) is 4.64. The van der Waals surface area contributed by atoms with Crippen molar-refractivity contribution in [3.05, 3.63) is 57.6 Å². The number of hydrogen-bond donors (Lipinski definition) is 1. The minimum atomic E-state index is -0.246. The molecule has 1 heterocycles. The van der Waals surface area contributed by atoms with Gasteiger partial charge in [0.15, 0.2) is 0 Å². The van der Waals surface area contributed by atoms with Gasteiger partial charge in [0, 0.05) is 17.0 Å². The molecule has 2 aromatic rings. The zero-order valence-electron chi connectivity index (χ0n) is 12.4. The summed E-state index contributed by atoms with van der Waals surface area (Å²) in [6.07, 6.45) is 0.619. The van der Waals surface area contributed by atoms with E-state index in [9.17, 15) is 4.79 Å². The summed E-state index contributed by atoms with van der Waals surface area (Å²) < 4.78 is 11.0. The molecule has 1 aliphatic heterocycles. The number of carbonyl (C=O) groups excluding carboxylic acids is 1. The zero-order valence-corrected chi connectivity index (χ0v) is 13.9. The first-order valence-electron chi connectivity index (χ1n) is 7.13. The van der Waals surface area contributed by atoms with E-state index in [-0.39, 0.29) is 12.0 Å². The van der Waals surface area contributed by atoms with Crippen molar-refractivity contribution in [2.24, 2.45) is 0 Å². The van der Waals surface area contributed by atoms with E-state index in [0.29, 0.717) is 22.2 Å². The number of hydrogen-bond acceptors (Lipinski definition) is 3. The number of amides is 1. The highest BCUT2D eigenvalue weighted by atomic mass is 35.5. The van der Waals surface area contributed by atoms with Gasteiger partial charge < -0.3 is 14.8 Å². The Morgan fingerprint density at radius 2 is 2.13 bits per heavy atom. The van der Waals surface area contributed by atoms with Crippen molar-refractivity contribution in [2.45, 2.75) is 12.5 Å². The van der Waals surface area contributed by atoms with Crippen LogP contribution in [-0.4, -0.2) is 25.7 Å². The first-order chi connectivity index (χ1) is 11.1. The molecule has 0 radical (unpaired) electrons. The van der Waals surface area contributed by atoms with Crippen LogP contribution in [-0.2, 0) is 6.42 Å². The molecule has 0 spiro atoms. The van der Waals surface area contributed by atoms with E-state index in [4.69, 9.17) is 32.7 Å². The normalized spacial score (nSPS) is 15.7. The lowest BCUT2D eigenvalue weighted by Gasteiger charge is -2.12. The second-order valence-corrected chi connectivity index (χ2v) is 6.10. The zero-order chi connectivity index (χ0) is 16.4. The van der Waals surface area contributed by atoms with Gasteiger partial charge in [-0.25, -0.2) is 0 Å². The molecule has 1 aliphatic rings. The van der Waals surface area contributed by atoms with E-state index in [1.165, 1.54) is 0 Å². The van der Waals surface area contributed by atoms with Gasteiger partial charge in [-0.1, -0.05) is 23.2 Å². The molecule has 0 aliphatic carbocycles. The summed E-state index contributed by atoms with van der Waals surface area (Å²) in [5.74, 6) is 1.38. The summed E-state index contributed by atoms with van der Waals surface area (Å²) in [6.45, 7) is 0.398. The first-order valence-corrected chi connectivity index (χ1v) is 7.89. The van der Waals surface area contributed by atoms with Gasteiger partial charge in [0.2, 0.25) is 0 Å². The van der Waals surface area contributed by atoms with E-state index in [2.05, 4.69) is 5.32 Å². The predicted molar refractivity (Wildman–Crippen MR) is 89.9 cm³/mol. The molecule has 4 nitrogen and oxygen atoms in total. The highest BCUT2D eigenvalue weighted by Gasteiger charge is 2.24. The fourth-order valence-corrected chi connectivity index (χ4v) is 3.01. The lowest BCUT2D eigenvalue weighted by Crippen LogP contribution is -2.34. The Bertz CT molecular complexity index is 749. The molecule has 23 heavy (non-hydrogen) atoms. The van der Waals surface area contributed by atoms with Crippen molar-refractivity contribution in [3.63, 3.8) is 0 Å². The van der Waals surface area contributed by atoms with Crippen LogP contribution >= 0.6 is 23.2 Å². The summed E-state index contributed by atoms with van der Waals surface area (Å²) >= 11 is 11.9. The smallest absolute Gasteiger partial charge is 0.252 e. The van der Waals surface area contributed by atoms with E-state index < -0.39 is 0 Å². The van der Waals surface area contributed by atoms with Crippen molar-refractivity contribution >= 4 is 29.1 Å². The Labute approximate surface area is 144 Å². The lowest BCUT2D eigenvalue weighted by molar-refractivity contribution is 0.0933. The number of fused-ring (bicyclic) bond motifs is 1. The average Bonchev–Trinajstić information content (AvgIpc) is 2.94. The number of benzene rings is 2. The standard InChI is InChI=1S/C17H15Cl2NO3/c1-22-12-3-5-16-10(6-12)7-13(23-16)9-20-17(21)14-4-2-11(18)8-15(14)19/h2-6,8,13H,7,9H2,1H3,(H,20,21)/t13-/m0/s1. The molecule has 3 rings (SSSR count). The maximum absolute atomic E-state index is 12.2. The molecule has 120 valence electrons. The van der Waals surface area contributed by atoms with Crippen molar-refractivity contribution in [3.8, 4) is 11.5 Å². The van der Waals surface area contributed by atoms with Gasteiger partial charge >= 0.3 is 0 Å². The van der Waals surface area contributed by atoms with Crippen LogP contribution in [0.3, 0.4) is 0 Å². The van der Waals surface area contributed by atoms with Crippen LogP contribution in [0.1, 0.15) is 15.9 Å². The second kappa shape index (κ2) is 6.69. The maximum atomic E-state index is 12.2. The van der Waals surface area contributed by atoms with Crippen LogP contribution in [0.4, 0.5) is 0 Å². The molecule has 0 bridgehead atoms. The molecule has 6 heteroatoms. The van der Waals surface area contributed by atoms with Gasteiger partial charge in [-0.3, -0.25) is 4.79 Å². The fourth-order valence-electron chi connectivity index (χ4n) is 2.51. The van der Waals surface area contributed by atoms with Crippen LogP contribution in [0.5, 0.6) is 11.5 Å². The van der Waals surface area contributed by atoms with Gasteiger partial charge in [-0.05, 0) is 36.4 Å². The van der Waals surface area contributed by atoms with E-state index >= 15 is 0 Å². The highest BCUT2D eigenvalue weighted by molar-refractivity contribution is 6.36. The third kappa shape index (κ3) is 3.54. The molecule has 0 unspecified atom stereocenters.